The van der Waals surface area contributed by atoms with E-state index in [4.69, 9.17) is 9.47 Å². The van der Waals surface area contributed by atoms with E-state index in [0.29, 0.717) is 19.6 Å². The van der Waals surface area contributed by atoms with Gasteiger partial charge >= 0.3 is 5.97 Å². The van der Waals surface area contributed by atoms with Gasteiger partial charge in [-0.05, 0) is 18.6 Å². The first-order valence-corrected chi connectivity index (χ1v) is 6.20. The molecule has 0 radical (unpaired) electrons. The van der Waals surface area contributed by atoms with Gasteiger partial charge in [-0.15, -0.1) is 0 Å². The lowest BCUT2D eigenvalue weighted by Crippen LogP contribution is -2.21. The van der Waals surface area contributed by atoms with Crippen LogP contribution < -0.4 is 0 Å². The summed E-state index contributed by atoms with van der Waals surface area (Å²) in [5.41, 5.74) is 1.11. The summed E-state index contributed by atoms with van der Waals surface area (Å²) in [4.78, 5) is 11.2. The lowest BCUT2D eigenvalue weighted by Gasteiger charge is -2.14. The minimum atomic E-state index is -0.300. The molecule has 0 aliphatic heterocycles. The van der Waals surface area contributed by atoms with Crippen molar-refractivity contribution in [3.05, 3.63) is 48.0 Å². The maximum absolute atomic E-state index is 11.2. The summed E-state index contributed by atoms with van der Waals surface area (Å²) >= 11 is 0. The lowest BCUT2D eigenvalue weighted by molar-refractivity contribution is -0.149. The Hall–Kier alpha value is -1.61. The van der Waals surface area contributed by atoms with Crippen LogP contribution in [0.5, 0.6) is 0 Å². The number of rotatable bonds is 7. The van der Waals surface area contributed by atoms with Crippen molar-refractivity contribution >= 4 is 5.97 Å². The molecule has 0 aliphatic rings. The van der Waals surface area contributed by atoms with Crippen LogP contribution in [-0.2, 0) is 20.9 Å². The van der Waals surface area contributed by atoms with Gasteiger partial charge in [-0.2, -0.15) is 0 Å². The second-order valence-corrected chi connectivity index (χ2v) is 3.91. The van der Waals surface area contributed by atoms with Crippen LogP contribution in [0.2, 0.25) is 0 Å². The van der Waals surface area contributed by atoms with Crippen LogP contribution in [-0.4, -0.2) is 18.7 Å². The molecule has 1 rings (SSSR count). The highest BCUT2D eigenvalue weighted by molar-refractivity contribution is 5.69. The van der Waals surface area contributed by atoms with Crippen molar-refractivity contribution in [2.24, 2.45) is 0 Å². The van der Waals surface area contributed by atoms with Crippen molar-refractivity contribution in [2.45, 2.75) is 33.0 Å². The number of hydrogen-bond acceptors (Lipinski definition) is 3. The Morgan fingerprint density at radius 1 is 1.33 bits per heavy atom. The molecule has 1 aromatic rings. The third-order valence-electron chi connectivity index (χ3n) is 2.37. The Morgan fingerprint density at radius 2 is 2.06 bits per heavy atom. The molecule has 1 aromatic carbocycles. The molecular weight excluding hydrogens is 228 g/mol. The van der Waals surface area contributed by atoms with Gasteiger partial charge in [0, 0.05) is 6.42 Å². The maximum Gasteiger partial charge on any atom is 0.306 e. The second-order valence-electron chi connectivity index (χ2n) is 3.91. The molecule has 0 fully saturated rings. The first kappa shape index (κ1) is 14.5. The second kappa shape index (κ2) is 8.48. The van der Waals surface area contributed by atoms with E-state index in [1.54, 1.807) is 6.92 Å². The summed E-state index contributed by atoms with van der Waals surface area (Å²) in [6, 6.07) is 9.92. The van der Waals surface area contributed by atoms with Gasteiger partial charge in [-0.3, -0.25) is 4.79 Å². The molecular formula is C15H20O3. The van der Waals surface area contributed by atoms with Gasteiger partial charge in [-0.25, -0.2) is 0 Å². The van der Waals surface area contributed by atoms with Gasteiger partial charge in [-0.1, -0.05) is 43.3 Å². The summed E-state index contributed by atoms with van der Waals surface area (Å²) in [6.07, 6.45) is 3.77. The van der Waals surface area contributed by atoms with Crippen molar-refractivity contribution in [2.75, 3.05) is 6.61 Å². The van der Waals surface area contributed by atoms with Crippen molar-refractivity contribution < 1.29 is 14.3 Å². The van der Waals surface area contributed by atoms with Crippen molar-refractivity contribution in [1.29, 1.82) is 0 Å². The van der Waals surface area contributed by atoms with Crippen molar-refractivity contribution in [3.8, 4) is 0 Å². The van der Waals surface area contributed by atoms with E-state index in [0.717, 1.165) is 5.56 Å². The average Bonchev–Trinajstić information content (AvgIpc) is 2.40. The van der Waals surface area contributed by atoms with Crippen LogP contribution in [0.15, 0.2) is 42.5 Å². The summed E-state index contributed by atoms with van der Waals surface area (Å²) in [7, 11) is 0. The fourth-order valence-electron chi connectivity index (χ4n) is 1.46. The zero-order chi connectivity index (χ0) is 13.2. The van der Waals surface area contributed by atoms with Crippen LogP contribution in [0, 0.1) is 0 Å². The SMILES string of the molecule is C/C=C/[C@H](COCc1ccccc1)OC(=O)CC. The maximum atomic E-state index is 11.2. The zero-order valence-corrected chi connectivity index (χ0v) is 11.0. The highest BCUT2D eigenvalue weighted by atomic mass is 16.6. The molecule has 0 saturated heterocycles. The Balaban J connectivity index is 2.36. The molecule has 0 bridgehead atoms. The molecule has 0 amide bonds. The number of benzene rings is 1. The average molecular weight is 248 g/mol. The number of hydrogen-bond donors (Lipinski definition) is 0. The Kier molecular flexibility index (Phi) is 6.81. The molecule has 1 atom stereocenters. The van der Waals surface area contributed by atoms with E-state index < -0.39 is 0 Å². The molecule has 0 spiro atoms. The topological polar surface area (TPSA) is 35.5 Å². The molecule has 3 heteroatoms. The molecule has 0 aliphatic carbocycles. The van der Waals surface area contributed by atoms with Crippen LogP contribution in [0.25, 0.3) is 0 Å². The first-order chi connectivity index (χ1) is 8.76. The van der Waals surface area contributed by atoms with Crippen LogP contribution >= 0.6 is 0 Å². The summed E-state index contributed by atoms with van der Waals surface area (Å²) in [6.45, 7) is 4.58. The van der Waals surface area contributed by atoms with Crippen LogP contribution in [0.4, 0.5) is 0 Å². The minimum absolute atomic E-state index is 0.207. The van der Waals surface area contributed by atoms with E-state index in [1.165, 1.54) is 0 Å². The summed E-state index contributed by atoms with van der Waals surface area (Å²) in [5.74, 6) is -0.207. The molecule has 0 unspecified atom stereocenters. The van der Waals surface area contributed by atoms with E-state index >= 15 is 0 Å². The fourth-order valence-corrected chi connectivity index (χ4v) is 1.46. The van der Waals surface area contributed by atoms with E-state index in [2.05, 4.69) is 0 Å². The van der Waals surface area contributed by atoms with Crippen LogP contribution in [0.1, 0.15) is 25.8 Å². The minimum Gasteiger partial charge on any atom is -0.456 e. The van der Waals surface area contributed by atoms with Gasteiger partial charge in [0.25, 0.3) is 0 Å². The number of carbonyl (C=O) groups is 1. The highest BCUT2D eigenvalue weighted by Gasteiger charge is 2.09. The molecule has 3 nitrogen and oxygen atoms in total. The van der Waals surface area contributed by atoms with E-state index in [1.807, 2.05) is 49.4 Å². The highest BCUT2D eigenvalue weighted by Crippen LogP contribution is 2.04. The molecule has 0 N–H and O–H groups in total. The quantitative estimate of drug-likeness (QED) is 0.549. The van der Waals surface area contributed by atoms with Crippen molar-refractivity contribution in [3.63, 3.8) is 0 Å². The molecule has 0 saturated carbocycles. The third-order valence-corrected chi connectivity index (χ3v) is 2.37. The van der Waals surface area contributed by atoms with Crippen molar-refractivity contribution in [1.82, 2.24) is 0 Å². The molecule has 98 valence electrons. The molecule has 18 heavy (non-hydrogen) atoms. The Labute approximate surface area is 108 Å². The number of carbonyl (C=O) groups excluding carboxylic acids is 1. The predicted molar refractivity (Wildman–Crippen MR) is 71.1 cm³/mol. The van der Waals surface area contributed by atoms with Gasteiger partial charge in [0.2, 0.25) is 0 Å². The summed E-state index contributed by atoms with van der Waals surface area (Å²) in [5, 5.41) is 0. The van der Waals surface area contributed by atoms with Gasteiger partial charge in [0.05, 0.1) is 13.2 Å². The van der Waals surface area contributed by atoms with Gasteiger partial charge < -0.3 is 9.47 Å². The number of allylic oxidation sites excluding steroid dienone is 1. The first-order valence-electron chi connectivity index (χ1n) is 6.20. The summed E-state index contributed by atoms with van der Waals surface area (Å²) < 4.78 is 10.8. The molecule has 0 aromatic heterocycles. The number of esters is 1. The number of ether oxygens (including phenoxy) is 2. The van der Waals surface area contributed by atoms with E-state index in [-0.39, 0.29) is 12.1 Å². The normalized spacial score (nSPS) is 12.6. The molecule has 0 heterocycles. The van der Waals surface area contributed by atoms with Gasteiger partial charge in [0.15, 0.2) is 0 Å². The lowest BCUT2D eigenvalue weighted by atomic mass is 10.2. The van der Waals surface area contributed by atoms with Gasteiger partial charge in [0.1, 0.15) is 6.10 Å². The zero-order valence-electron chi connectivity index (χ0n) is 11.0. The predicted octanol–water partition coefficient (Wildman–Crippen LogP) is 3.10. The largest absolute Gasteiger partial charge is 0.456 e. The Bertz CT molecular complexity index is 371. The van der Waals surface area contributed by atoms with E-state index in [9.17, 15) is 4.79 Å². The monoisotopic (exact) mass is 248 g/mol. The smallest absolute Gasteiger partial charge is 0.306 e. The fraction of sp³-hybridized carbons (Fsp3) is 0.400. The standard InChI is InChI=1S/C15H20O3/c1-3-8-14(18-15(16)4-2)12-17-11-13-9-6-5-7-10-13/h3,5-10,14H,4,11-12H2,1-2H3/b8-3+/t14-/m1/s1. The van der Waals surface area contributed by atoms with Crippen LogP contribution in [0.3, 0.4) is 0 Å². The third kappa shape index (κ3) is 5.64. The Morgan fingerprint density at radius 3 is 2.67 bits per heavy atom.